The third kappa shape index (κ3) is 5.62. The zero-order valence-electron chi connectivity index (χ0n) is 14.4. The molecular formula is C16H24N2O6. The van der Waals surface area contributed by atoms with Crippen LogP contribution in [0.3, 0.4) is 0 Å². The van der Waals surface area contributed by atoms with Crippen LogP contribution in [0.5, 0.6) is 17.2 Å². The fourth-order valence-corrected chi connectivity index (χ4v) is 1.82. The number of carbonyl (C=O) groups excluding carboxylic acids is 2. The van der Waals surface area contributed by atoms with E-state index in [1.54, 1.807) is 0 Å². The van der Waals surface area contributed by atoms with Gasteiger partial charge in [0.25, 0.3) is 5.91 Å². The highest BCUT2D eigenvalue weighted by Gasteiger charge is 2.18. The number of amides is 2. The van der Waals surface area contributed by atoms with Crippen molar-refractivity contribution in [1.29, 1.82) is 0 Å². The van der Waals surface area contributed by atoms with Crippen LogP contribution < -0.4 is 25.0 Å². The van der Waals surface area contributed by atoms with Crippen molar-refractivity contribution < 1.29 is 28.6 Å². The summed E-state index contributed by atoms with van der Waals surface area (Å²) in [6.07, 6.45) is 0. The summed E-state index contributed by atoms with van der Waals surface area (Å²) in [6, 6.07) is 3.07. The lowest BCUT2D eigenvalue weighted by atomic mass is 10.1. The van der Waals surface area contributed by atoms with Crippen LogP contribution >= 0.6 is 0 Å². The van der Waals surface area contributed by atoms with Crippen molar-refractivity contribution in [3.8, 4) is 17.2 Å². The maximum Gasteiger partial charge on any atom is 0.275 e. The largest absolute Gasteiger partial charge is 0.490 e. The summed E-state index contributed by atoms with van der Waals surface area (Å²) in [7, 11) is 1.47. The Labute approximate surface area is 141 Å². The minimum absolute atomic E-state index is 0.266. The summed E-state index contributed by atoms with van der Waals surface area (Å²) in [5.74, 6) is 0.378. The Kier molecular flexibility index (Phi) is 8.42. The van der Waals surface area contributed by atoms with Crippen molar-refractivity contribution in [2.45, 2.75) is 20.8 Å². The van der Waals surface area contributed by atoms with Gasteiger partial charge < -0.3 is 19.5 Å². The third-order valence-corrected chi connectivity index (χ3v) is 2.82. The molecule has 0 aliphatic rings. The highest BCUT2D eigenvalue weighted by atomic mass is 16.7. The van der Waals surface area contributed by atoms with Crippen molar-refractivity contribution in [2.24, 2.45) is 0 Å². The molecule has 0 radical (unpaired) electrons. The molecule has 2 amide bonds. The van der Waals surface area contributed by atoms with Crippen molar-refractivity contribution in [1.82, 2.24) is 10.8 Å². The SMILES string of the molecule is CCOc1cc(C(=O)NOCC(=O)NC)cc(OCC)c1OCC. The fourth-order valence-electron chi connectivity index (χ4n) is 1.82. The molecule has 0 saturated heterocycles. The van der Waals surface area contributed by atoms with Gasteiger partial charge in [-0.25, -0.2) is 5.48 Å². The summed E-state index contributed by atoms with van der Waals surface area (Å²) < 4.78 is 16.6. The molecule has 0 heterocycles. The van der Waals surface area contributed by atoms with E-state index in [4.69, 9.17) is 19.0 Å². The molecule has 0 atom stereocenters. The molecule has 24 heavy (non-hydrogen) atoms. The van der Waals surface area contributed by atoms with Gasteiger partial charge >= 0.3 is 0 Å². The zero-order chi connectivity index (χ0) is 17.9. The van der Waals surface area contributed by atoms with Crippen LogP contribution in [0.1, 0.15) is 31.1 Å². The predicted molar refractivity (Wildman–Crippen MR) is 87.4 cm³/mol. The first kappa shape index (κ1) is 19.6. The standard InChI is InChI=1S/C16H24N2O6/c1-5-21-12-8-11(16(20)18-24-10-14(19)17-4)9-13(22-6-2)15(12)23-7-3/h8-9H,5-7,10H2,1-4H3,(H,17,19)(H,18,20). The minimum atomic E-state index is -0.524. The summed E-state index contributed by atoms with van der Waals surface area (Å²) >= 11 is 0. The van der Waals surface area contributed by atoms with E-state index < -0.39 is 5.91 Å². The Morgan fingerprint density at radius 3 is 1.96 bits per heavy atom. The van der Waals surface area contributed by atoms with Gasteiger partial charge in [-0.05, 0) is 32.9 Å². The van der Waals surface area contributed by atoms with E-state index in [1.165, 1.54) is 19.2 Å². The van der Waals surface area contributed by atoms with Gasteiger partial charge in [-0.2, -0.15) is 0 Å². The monoisotopic (exact) mass is 340 g/mol. The van der Waals surface area contributed by atoms with Crippen molar-refractivity contribution >= 4 is 11.8 Å². The van der Waals surface area contributed by atoms with Crippen LogP contribution in [0.15, 0.2) is 12.1 Å². The highest BCUT2D eigenvalue weighted by molar-refractivity contribution is 5.95. The minimum Gasteiger partial charge on any atom is -0.490 e. The van der Waals surface area contributed by atoms with Gasteiger partial charge in [-0.15, -0.1) is 0 Å². The molecule has 1 aromatic rings. The van der Waals surface area contributed by atoms with Gasteiger partial charge in [-0.3, -0.25) is 14.4 Å². The van der Waals surface area contributed by atoms with Gasteiger partial charge in [0.1, 0.15) is 0 Å². The number of hydrogen-bond donors (Lipinski definition) is 2. The quantitative estimate of drug-likeness (QED) is 0.623. The number of hydrogen-bond acceptors (Lipinski definition) is 6. The average molecular weight is 340 g/mol. The first-order valence-corrected chi connectivity index (χ1v) is 7.76. The number of nitrogens with one attached hydrogen (secondary N) is 2. The molecule has 0 spiro atoms. The summed E-state index contributed by atoms with van der Waals surface area (Å²) in [6.45, 7) is 6.47. The number of ether oxygens (including phenoxy) is 3. The summed E-state index contributed by atoms with van der Waals surface area (Å²) in [5.41, 5.74) is 2.47. The molecular weight excluding hydrogens is 316 g/mol. The topological polar surface area (TPSA) is 95.1 Å². The van der Waals surface area contributed by atoms with E-state index in [0.29, 0.717) is 37.1 Å². The highest BCUT2D eigenvalue weighted by Crippen LogP contribution is 2.39. The van der Waals surface area contributed by atoms with Gasteiger partial charge in [0, 0.05) is 12.6 Å². The lowest BCUT2D eigenvalue weighted by Gasteiger charge is -2.17. The van der Waals surface area contributed by atoms with Crippen LogP contribution in [-0.2, 0) is 9.63 Å². The second-order valence-electron chi connectivity index (χ2n) is 4.49. The number of rotatable bonds is 10. The smallest absolute Gasteiger partial charge is 0.275 e. The number of likely N-dealkylation sites (N-methyl/N-ethyl adjacent to an activating group) is 1. The molecule has 1 rings (SSSR count). The van der Waals surface area contributed by atoms with Gasteiger partial charge in [0.05, 0.1) is 19.8 Å². The Morgan fingerprint density at radius 1 is 0.958 bits per heavy atom. The molecule has 0 fully saturated rings. The van der Waals surface area contributed by atoms with Gasteiger partial charge in [0.2, 0.25) is 11.7 Å². The van der Waals surface area contributed by atoms with Crippen LogP contribution in [0.2, 0.25) is 0 Å². The van der Waals surface area contributed by atoms with Crippen molar-refractivity contribution in [2.75, 3.05) is 33.5 Å². The second kappa shape index (κ2) is 10.3. The second-order valence-corrected chi connectivity index (χ2v) is 4.49. The molecule has 0 aliphatic carbocycles. The number of carbonyl (C=O) groups is 2. The Hall–Kier alpha value is -2.48. The third-order valence-electron chi connectivity index (χ3n) is 2.82. The summed E-state index contributed by atoms with van der Waals surface area (Å²) in [5, 5.41) is 2.38. The molecule has 8 nitrogen and oxygen atoms in total. The molecule has 0 aromatic heterocycles. The number of hydroxylamine groups is 1. The van der Waals surface area contributed by atoms with E-state index in [2.05, 4.69) is 10.8 Å². The van der Waals surface area contributed by atoms with Crippen molar-refractivity contribution in [3.05, 3.63) is 17.7 Å². The Balaban J connectivity index is 3.00. The first-order valence-electron chi connectivity index (χ1n) is 7.76. The molecule has 1 aromatic carbocycles. The molecule has 8 heteroatoms. The van der Waals surface area contributed by atoms with E-state index in [9.17, 15) is 9.59 Å². The van der Waals surface area contributed by atoms with Crippen LogP contribution in [0, 0.1) is 0 Å². The molecule has 2 N–H and O–H groups in total. The lowest BCUT2D eigenvalue weighted by Crippen LogP contribution is -2.31. The molecule has 134 valence electrons. The molecule has 0 unspecified atom stereocenters. The maximum atomic E-state index is 12.2. The van der Waals surface area contributed by atoms with Gasteiger partial charge in [-0.1, -0.05) is 0 Å². The van der Waals surface area contributed by atoms with Crippen LogP contribution in [-0.4, -0.2) is 45.3 Å². The van der Waals surface area contributed by atoms with Crippen LogP contribution in [0.25, 0.3) is 0 Å². The molecule has 0 bridgehead atoms. The molecule has 0 aliphatic heterocycles. The zero-order valence-corrected chi connectivity index (χ0v) is 14.4. The van der Waals surface area contributed by atoms with Crippen LogP contribution in [0.4, 0.5) is 0 Å². The van der Waals surface area contributed by atoms with E-state index in [0.717, 1.165) is 0 Å². The van der Waals surface area contributed by atoms with E-state index >= 15 is 0 Å². The van der Waals surface area contributed by atoms with E-state index in [-0.39, 0.29) is 18.1 Å². The average Bonchev–Trinajstić information content (AvgIpc) is 2.57. The first-order chi connectivity index (χ1) is 11.6. The maximum absolute atomic E-state index is 12.2. The Bertz CT molecular complexity index is 534. The fraction of sp³-hybridized carbons (Fsp3) is 0.500. The normalized spacial score (nSPS) is 10.0. The molecule has 0 saturated carbocycles. The van der Waals surface area contributed by atoms with Gasteiger partial charge in [0.15, 0.2) is 18.1 Å². The summed E-state index contributed by atoms with van der Waals surface area (Å²) in [4.78, 5) is 28.1. The number of benzene rings is 1. The Morgan fingerprint density at radius 2 is 1.50 bits per heavy atom. The van der Waals surface area contributed by atoms with Crippen molar-refractivity contribution in [3.63, 3.8) is 0 Å². The van der Waals surface area contributed by atoms with E-state index in [1.807, 2.05) is 20.8 Å². The lowest BCUT2D eigenvalue weighted by molar-refractivity contribution is -0.126. The predicted octanol–water partition coefficient (Wildman–Crippen LogP) is 1.29.